The van der Waals surface area contributed by atoms with Gasteiger partial charge in [-0.3, -0.25) is 4.79 Å². The highest BCUT2D eigenvalue weighted by atomic mass is 16.3. The molecule has 0 aromatic carbocycles. The molecule has 294 valence electrons. The maximum Gasteiger partial charge on any atom is 0.220 e. The van der Waals surface area contributed by atoms with Crippen molar-refractivity contribution < 1.29 is 20.1 Å². The Balaban J connectivity index is 3.53. The van der Waals surface area contributed by atoms with E-state index in [1.165, 1.54) is 193 Å². The summed E-state index contributed by atoms with van der Waals surface area (Å²) in [7, 11) is 0. The molecule has 0 fully saturated rings. The first-order valence-corrected chi connectivity index (χ1v) is 22.3. The Labute approximate surface area is 307 Å². The second kappa shape index (κ2) is 40.1. The van der Waals surface area contributed by atoms with Gasteiger partial charge in [-0.2, -0.15) is 0 Å². The number of carbonyl (C=O) groups is 1. The van der Waals surface area contributed by atoms with E-state index in [1.807, 2.05) is 0 Å². The molecule has 5 nitrogen and oxygen atoms in total. The lowest BCUT2D eigenvalue weighted by molar-refractivity contribution is -0.124. The highest BCUT2D eigenvalue weighted by Gasteiger charge is 2.26. The second-order valence-electron chi connectivity index (χ2n) is 15.6. The molecule has 0 bridgehead atoms. The highest BCUT2D eigenvalue weighted by Crippen LogP contribution is 2.17. The number of carbonyl (C=O) groups excluding carboxylic acids is 1. The number of aliphatic hydroxyl groups excluding tert-OH is 3. The number of aliphatic hydroxyl groups is 3. The first kappa shape index (κ1) is 48.3. The Kier molecular flexibility index (Phi) is 39.6. The molecule has 0 heterocycles. The standard InChI is InChI=1S/C44H89NO4/c1-3-5-7-9-11-13-15-17-18-19-20-21-22-23-24-25-26-27-29-31-33-35-37-39-43(48)45-41(40-46)44(49)42(47)38-36-34-32-30-28-16-14-12-10-8-6-4-2/h41-42,44,46-47,49H,3-40H2,1-2H3,(H,45,48)/t41-,42+,44?/m0/s1. The van der Waals surface area contributed by atoms with Gasteiger partial charge in [0.25, 0.3) is 0 Å². The van der Waals surface area contributed by atoms with Gasteiger partial charge in [0.15, 0.2) is 0 Å². The van der Waals surface area contributed by atoms with E-state index >= 15 is 0 Å². The molecule has 0 aromatic rings. The van der Waals surface area contributed by atoms with E-state index < -0.39 is 18.2 Å². The van der Waals surface area contributed by atoms with Gasteiger partial charge < -0.3 is 20.6 Å². The summed E-state index contributed by atoms with van der Waals surface area (Å²) in [5.74, 6) is -0.140. The number of amides is 1. The second-order valence-corrected chi connectivity index (χ2v) is 15.6. The van der Waals surface area contributed by atoms with E-state index in [2.05, 4.69) is 19.2 Å². The molecular formula is C44H89NO4. The van der Waals surface area contributed by atoms with Gasteiger partial charge in [0, 0.05) is 6.42 Å². The predicted octanol–water partition coefficient (Wildman–Crippen LogP) is 12.7. The molecule has 1 amide bonds. The number of nitrogens with one attached hydrogen (secondary N) is 1. The number of hydrogen-bond donors (Lipinski definition) is 4. The maximum atomic E-state index is 12.4. The van der Waals surface area contributed by atoms with Gasteiger partial charge in [0.2, 0.25) is 5.91 Å². The van der Waals surface area contributed by atoms with Crippen LogP contribution >= 0.6 is 0 Å². The van der Waals surface area contributed by atoms with Crippen LogP contribution in [0.25, 0.3) is 0 Å². The summed E-state index contributed by atoms with van der Waals surface area (Å²) >= 11 is 0. The zero-order chi connectivity index (χ0) is 35.9. The molecule has 0 aliphatic rings. The lowest BCUT2D eigenvalue weighted by Crippen LogP contribution is -2.50. The van der Waals surface area contributed by atoms with E-state index in [-0.39, 0.29) is 12.5 Å². The van der Waals surface area contributed by atoms with Crippen LogP contribution in [0, 0.1) is 0 Å². The van der Waals surface area contributed by atoms with Crippen molar-refractivity contribution in [2.75, 3.05) is 6.61 Å². The average Bonchev–Trinajstić information content (AvgIpc) is 3.10. The normalized spacial score (nSPS) is 13.5. The first-order chi connectivity index (χ1) is 24.1. The SMILES string of the molecule is CCCCCCCCCCCCCCCCCCCCCCCCCC(=O)N[C@@H](CO)C(O)[C@H](O)CCCCCCCCCCCCCC. The van der Waals surface area contributed by atoms with Gasteiger partial charge in [0.05, 0.1) is 18.8 Å². The topological polar surface area (TPSA) is 89.8 Å². The van der Waals surface area contributed by atoms with Crippen molar-refractivity contribution >= 4 is 5.91 Å². The van der Waals surface area contributed by atoms with Crippen LogP contribution in [0.15, 0.2) is 0 Å². The quantitative estimate of drug-likeness (QED) is 0.0479. The Morgan fingerprint density at radius 1 is 0.429 bits per heavy atom. The molecule has 0 saturated carbocycles. The molecule has 4 N–H and O–H groups in total. The van der Waals surface area contributed by atoms with Crippen molar-refractivity contribution in [3.8, 4) is 0 Å². The molecule has 0 saturated heterocycles. The minimum atomic E-state index is -1.13. The Bertz CT molecular complexity index is 644. The van der Waals surface area contributed by atoms with Crippen molar-refractivity contribution in [3.63, 3.8) is 0 Å². The average molecular weight is 696 g/mol. The molecule has 0 radical (unpaired) electrons. The number of unbranched alkanes of at least 4 members (excludes halogenated alkanes) is 33. The van der Waals surface area contributed by atoms with Crippen LogP contribution in [-0.4, -0.2) is 46.1 Å². The molecule has 0 aliphatic carbocycles. The van der Waals surface area contributed by atoms with Crippen LogP contribution in [0.5, 0.6) is 0 Å². The smallest absolute Gasteiger partial charge is 0.220 e. The monoisotopic (exact) mass is 696 g/mol. The van der Waals surface area contributed by atoms with Crippen LogP contribution < -0.4 is 5.32 Å². The van der Waals surface area contributed by atoms with E-state index in [9.17, 15) is 20.1 Å². The molecule has 0 rings (SSSR count). The van der Waals surface area contributed by atoms with Gasteiger partial charge in [-0.1, -0.05) is 232 Å². The number of hydrogen-bond acceptors (Lipinski definition) is 4. The van der Waals surface area contributed by atoms with Crippen LogP contribution in [0.2, 0.25) is 0 Å². The largest absolute Gasteiger partial charge is 0.394 e. The Hall–Kier alpha value is -0.650. The van der Waals surface area contributed by atoms with Crippen molar-refractivity contribution in [2.24, 2.45) is 0 Å². The third-order valence-corrected chi connectivity index (χ3v) is 10.7. The molecule has 0 aliphatic heterocycles. The molecule has 3 atom stereocenters. The summed E-state index contributed by atoms with van der Waals surface area (Å²) in [5.41, 5.74) is 0. The molecule has 5 heteroatoms. The molecule has 0 spiro atoms. The van der Waals surface area contributed by atoms with Crippen LogP contribution in [0.3, 0.4) is 0 Å². The van der Waals surface area contributed by atoms with Crippen LogP contribution in [0.1, 0.15) is 251 Å². The Morgan fingerprint density at radius 3 is 0.980 bits per heavy atom. The Morgan fingerprint density at radius 2 is 0.694 bits per heavy atom. The molecule has 0 aromatic heterocycles. The van der Waals surface area contributed by atoms with Crippen molar-refractivity contribution in [1.29, 1.82) is 0 Å². The molecular weight excluding hydrogens is 606 g/mol. The van der Waals surface area contributed by atoms with E-state index in [4.69, 9.17) is 0 Å². The summed E-state index contributed by atoms with van der Waals surface area (Å²) in [6.45, 7) is 4.19. The highest BCUT2D eigenvalue weighted by molar-refractivity contribution is 5.76. The van der Waals surface area contributed by atoms with Gasteiger partial charge in [-0.15, -0.1) is 0 Å². The molecule has 1 unspecified atom stereocenters. The van der Waals surface area contributed by atoms with E-state index in [0.717, 1.165) is 32.1 Å². The summed E-state index contributed by atoms with van der Waals surface area (Å²) in [4.78, 5) is 12.4. The van der Waals surface area contributed by atoms with Gasteiger partial charge in [-0.25, -0.2) is 0 Å². The zero-order valence-electron chi connectivity index (χ0n) is 33.4. The van der Waals surface area contributed by atoms with Gasteiger partial charge in [0.1, 0.15) is 6.10 Å². The lowest BCUT2D eigenvalue weighted by atomic mass is 9.99. The zero-order valence-corrected chi connectivity index (χ0v) is 33.4. The lowest BCUT2D eigenvalue weighted by Gasteiger charge is -2.26. The van der Waals surface area contributed by atoms with Crippen molar-refractivity contribution in [3.05, 3.63) is 0 Å². The first-order valence-electron chi connectivity index (χ1n) is 22.3. The van der Waals surface area contributed by atoms with Crippen LogP contribution in [0.4, 0.5) is 0 Å². The fourth-order valence-corrected chi connectivity index (χ4v) is 7.22. The van der Waals surface area contributed by atoms with Gasteiger partial charge >= 0.3 is 0 Å². The minimum absolute atomic E-state index is 0.140. The predicted molar refractivity (Wildman–Crippen MR) is 213 cm³/mol. The summed E-state index contributed by atoms with van der Waals surface area (Å²) in [6, 6.07) is -0.802. The van der Waals surface area contributed by atoms with Crippen LogP contribution in [-0.2, 0) is 4.79 Å². The third-order valence-electron chi connectivity index (χ3n) is 10.7. The fraction of sp³-hybridized carbons (Fsp3) is 0.977. The van der Waals surface area contributed by atoms with Crippen molar-refractivity contribution in [1.82, 2.24) is 5.32 Å². The maximum absolute atomic E-state index is 12.4. The number of rotatable bonds is 41. The van der Waals surface area contributed by atoms with E-state index in [0.29, 0.717) is 12.8 Å². The molecule has 49 heavy (non-hydrogen) atoms. The minimum Gasteiger partial charge on any atom is -0.394 e. The summed E-state index contributed by atoms with van der Waals surface area (Å²) in [6.07, 6.45) is 45.0. The summed E-state index contributed by atoms with van der Waals surface area (Å²) in [5, 5.41) is 33.5. The van der Waals surface area contributed by atoms with E-state index in [1.54, 1.807) is 0 Å². The van der Waals surface area contributed by atoms with Crippen molar-refractivity contribution in [2.45, 2.75) is 270 Å². The van der Waals surface area contributed by atoms with Gasteiger partial charge in [-0.05, 0) is 12.8 Å². The summed E-state index contributed by atoms with van der Waals surface area (Å²) < 4.78 is 0. The third kappa shape index (κ3) is 35.5. The fourth-order valence-electron chi connectivity index (χ4n) is 7.22.